The first-order valence-electron chi connectivity index (χ1n) is 7.81. The van der Waals surface area contributed by atoms with E-state index in [4.69, 9.17) is 9.26 Å². The van der Waals surface area contributed by atoms with Gasteiger partial charge in [0.1, 0.15) is 5.00 Å². The van der Waals surface area contributed by atoms with Crippen molar-refractivity contribution >= 4 is 40.6 Å². The van der Waals surface area contributed by atoms with Gasteiger partial charge < -0.3 is 14.6 Å². The summed E-state index contributed by atoms with van der Waals surface area (Å²) in [4.78, 5) is 27.9. The zero-order valence-corrected chi connectivity index (χ0v) is 15.7. The first-order chi connectivity index (χ1) is 11.6. The molecule has 2 aromatic rings. The Labute approximate surface area is 155 Å². The summed E-state index contributed by atoms with van der Waals surface area (Å²) in [6.07, 6.45) is 3.26. The normalized spacial score (nSPS) is 13.7. The average molecular weight is 386 g/mol. The predicted molar refractivity (Wildman–Crippen MR) is 96.6 cm³/mol. The van der Waals surface area contributed by atoms with E-state index < -0.39 is 11.9 Å². The summed E-state index contributed by atoms with van der Waals surface area (Å²) in [5.74, 6) is -0.754. The van der Waals surface area contributed by atoms with Gasteiger partial charge in [-0.3, -0.25) is 9.69 Å². The molecule has 1 aliphatic heterocycles. The van der Waals surface area contributed by atoms with Gasteiger partial charge in [-0.15, -0.1) is 23.7 Å². The maximum Gasteiger partial charge on any atom is 0.341 e. The fraction of sp³-hybridized carbons (Fsp3) is 0.438. The number of carbonyl (C=O) groups excluding carboxylic acids is 2. The maximum atomic E-state index is 12.2. The van der Waals surface area contributed by atoms with Crippen LogP contribution < -0.4 is 5.32 Å². The molecule has 9 heteroatoms. The number of amides is 1. The summed E-state index contributed by atoms with van der Waals surface area (Å²) in [5, 5.41) is 6.79. The number of fused-ring (bicyclic) bond motifs is 1. The van der Waals surface area contributed by atoms with Crippen LogP contribution in [0.3, 0.4) is 0 Å². The third-order valence-electron chi connectivity index (χ3n) is 3.95. The van der Waals surface area contributed by atoms with Gasteiger partial charge >= 0.3 is 5.97 Å². The molecule has 0 radical (unpaired) electrons. The molecule has 0 saturated heterocycles. The molecule has 0 bridgehead atoms. The Morgan fingerprint density at radius 1 is 1.48 bits per heavy atom. The summed E-state index contributed by atoms with van der Waals surface area (Å²) in [5.41, 5.74) is 1.44. The summed E-state index contributed by atoms with van der Waals surface area (Å²) in [6, 6.07) is 1.48. The van der Waals surface area contributed by atoms with Crippen molar-refractivity contribution in [3.8, 4) is 0 Å². The van der Waals surface area contributed by atoms with Crippen LogP contribution in [0.15, 0.2) is 16.8 Å². The minimum Gasteiger partial charge on any atom is -0.465 e. The number of anilines is 1. The molecule has 3 heterocycles. The van der Waals surface area contributed by atoms with Gasteiger partial charge in [0, 0.05) is 24.0 Å². The molecule has 0 spiro atoms. The Morgan fingerprint density at radius 2 is 2.28 bits per heavy atom. The highest BCUT2D eigenvalue weighted by Gasteiger charge is 2.29. The quantitative estimate of drug-likeness (QED) is 0.796. The van der Waals surface area contributed by atoms with Crippen molar-refractivity contribution in [2.45, 2.75) is 26.3 Å². The topological polar surface area (TPSA) is 84.7 Å². The van der Waals surface area contributed by atoms with Crippen LogP contribution in [0.1, 0.15) is 44.7 Å². The molecule has 1 amide bonds. The highest BCUT2D eigenvalue weighted by Crippen LogP contribution is 2.37. The van der Waals surface area contributed by atoms with Gasteiger partial charge in [0.15, 0.2) is 0 Å². The number of ether oxygens (including phenoxy) is 1. The standard InChI is InChI=1S/C16H19N3O4S.ClH/c1-3-7-19-8-5-10-12(9-19)24-15(13(10)16(21)22-2)18-14(20)11-4-6-17-23-11;/h4,6H,3,5,7-9H2,1-2H3,(H,18,20);1H. The molecule has 0 fully saturated rings. The van der Waals surface area contributed by atoms with E-state index in [1.807, 2.05) is 0 Å². The van der Waals surface area contributed by atoms with Crippen molar-refractivity contribution in [3.63, 3.8) is 0 Å². The first kappa shape index (κ1) is 19.4. The first-order valence-corrected chi connectivity index (χ1v) is 8.63. The van der Waals surface area contributed by atoms with E-state index in [-0.39, 0.29) is 18.2 Å². The number of methoxy groups -OCH3 is 1. The lowest BCUT2D eigenvalue weighted by Crippen LogP contribution is -2.30. The van der Waals surface area contributed by atoms with E-state index in [1.54, 1.807) is 0 Å². The van der Waals surface area contributed by atoms with Crippen molar-refractivity contribution in [1.29, 1.82) is 0 Å². The predicted octanol–water partition coefficient (Wildman–Crippen LogP) is 2.96. The number of hydrogen-bond donors (Lipinski definition) is 1. The number of halogens is 1. The number of aromatic nitrogens is 1. The number of carbonyl (C=O) groups is 2. The van der Waals surface area contributed by atoms with E-state index in [2.05, 4.69) is 22.3 Å². The molecule has 136 valence electrons. The molecular formula is C16H20ClN3O4S. The number of hydrogen-bond acceptors (Lipinski definition) is 7. The second-order valence-corrected chi connectivity index (χ2v) is 6.66. The SMILES string of the molecule is CCCN1CCc2c(sc(NC(=O)c3ccno3)c2C(=O)OC)C1.Cl. The molecule has 0 unspecified atom stereocenters. The molecule has 0 aromatic carbocycles. The van der Waals surface area contributed by atoms with Crippen LogP contribution in [0.2, 0.25) is 0 Å². The molecule has 7 nitrogen and oxygen atoms in total. The molecule has 25 heavy (non-hydrogen) atoms. The van der Waals surface area contributed by atoms with Crippen molar-refractivity contribution in [3.05, 3.63) is 34.0 Å². The van der Waals surface area contributed by atoms with Crippen molar-refractivity contribution in [1.82, 2.24) is 10.1 Å². The van der Waals surface area contributed by atoms with Gasteiger partial charge in [0.2, 0.25) is 5.76 Å². The van der Waals surface area contributed by atoms with Gasteiger partial charge in [-0.1, -0.05) is 12.1 Å². The second kappa shape index (κ2) is 8.46. The third-order valence-corrected chi connectivity index (χ3v) is 5.09. The van der Waals surface area contributed by atoms with Crippen LogP contribution in [-0.4, -0.2) is 42.1 Å². The van der Waals surface area contributed by atoms with Gasteiger partial charge in [-0.2, -0.15) is 0 Å². The molecule has 1 aliphatic rings. The maximum absolute atomic E-state index is 12.2. The van der Waals surface area contributed by atoms with Crippen molar-refractivity contribution in [2.75, 3.05) is 25.5 Å². The second-order valence-electron chi connectivity index (χ2n) is 5.56. The Kier molecular flexibility index (Phi) is 6.57. The van der Waals surface area contributed by atoms with E-state index in [1.165, 1.54) is 30.7 Å². The van der Waals surface area contributed by atoms with Gasteiger partial charge in [-0.25, -0.2) is 4.79 Å². The van der Waals surface area contributed by atoms with Crippen LogP contribution in [0.5, 0.6) is 0 Å². The minimum atomic E-state index is -0.429. The summed E-state index contributed by atoms with van der Waals surface area (Å²) in [7, 11) is 1.35. The lowest BCUT2D eigenvalue weighted by Gasteiger charge is -2.26. The van der Waals surface area contributed by atoms with E-state index >= 15 is 0 Å². The molecule has 0 saturated carbocycles. The van der Waals surface area contributed by atoms with Gasteiger partial charge in [-0.05, 0) is 24.9 Å². The molecule has 2 aromatic heterocycles. The van der Waals surface area contributed by atoms with Gasteiger partial charge in [0.25, 0.3) is 5.91 Å². The Hall–Kier alpha value is -1.90. The van der Waals surface area contributed by atoms with Gasteiger partial charge in [0.05, 0.1) is 18.9 Å². The molecular weight excluding hydrogens is 366 g/mol. The van der Waals surface area contributed by atoms with Crippen LogP contribution in [-0.2, 0) is 17.7 Å². The lowest BCUT2D eigenvalue weighted by molar-refractivity contribution is 0.0600. The number of rotatable bonds is 5. The minimum absolute atomic E-state index is 0. The van der Waals surface area contributed by atoms with Crippen LogP contribution in [0.4, 0.5) is 5.00 Å². The number of nitrogens with one attached hydrogen (secondary N) is 1. The average Bonchev–Trinajstić information content (AvgIpc) is 3.21. The number of esters is 1. The zero-order chi connectivity index (χ0) is 17.1. The molecule has 1 N–H and O–H groups in total. The van der Waals surface area contributed by atoms with E-state index in [0.717, 1.165) is 42.9 Å². The summed E-state index contributed by atoms with van der Waals surface area (Å²) >= 11 is 1.42. The Morgan fingerprint density at radius 3 is 2.92 bits per heavy atom. The van der Waals surface area contributed by atoms with E-state index in [9.17, 15) is 9.59 Å². The third kappa shape index (κ3) is 4.02. The van der Waals surface area contributed by atoms with Crippen molar-refractivity contribution in [2.24, 2.45) is 0 Å². The number of thiophene rings is 1. The van der Waals surface area contributed by atoms with Crippen LogP contribution in [0, 0.1) is 0 Å². The Balaban J connectivity index is 0.00000225. The lowest BCUT2D eigenvalue weighted by atomic mass is 10.0. The highest BCUT2D eigenvalue weighted by atomic mass is 35.5. The zero-order valence-electron chi connectivity index (χ0n) is 14.0. The van der Waals surface area contributed by atoms with E-state index in [0.29, 0.717) is 10.6 Å². The Bertz CT molecular complexity index is 745. The number of nitrogens with zero attached hydrogens (tertiary/aromatic N) is 2. The van der Waals surface area contributed by atoms with Crippen LogP contribution >= 0.6 is 23.7 Å². The summed E-state index contributed by atoms with van der Waals surface area (Å²) in [6.45, 7) is 4.85. The van der Waals surface area contributed by atoms with Crippen molar-refractivity contribution < 1.29 is 18.8 Å². The fourth-order valence-electron chi connectivity index (χ4n) is 2.87. The molecule has 0 atom stereocenters. The van der Waals surface area contributed by atoms with Crippen LogP contribution in [0.25, 0.3) is 0 Å². The smallest absolute Gasteiger partial charge is 0.341 e. The highest BCUT2D eigenvalue weighted by molar-refractivity contribution is 7.17. The monoisotopic (exact) mass is 385 g/mol. The molecule has 3 rings (SSSR count). The largest absolute Gasteiger partial charge is 0.465 e. The summed E-state index contributed by atoms with van der Waals surface area (Å²) < 4.78 is 9.78. The molecule has 0 aliphatic carbocycles. The fourth-order valence-corrected chi connectivity index (χ4v) is 4.14.